The molecular formula is C23H21Cl2N3O4S. The van der Waals surface area contributed by atoms with Gasteiger partial charge in [0.15, 0.2) is 6.61 Å². The fraction of sp³-hybridized carbons (Fsp3) is 0.217. The van der Waals surface area contributed by atoms with Crippen molar-refractivity contribution in [1.82, 2.24) is 9.21 Å². The average molecular weight is 506 g/mol. The molecule has 0 atom stereocenters. The van der Waals surface area contributed by atoms with Crippen LogP contribution in [0.2, 0.25) is 10.0 Å². The van der Waals surface area contributed by atoms with E-state index in [0.29, 0.717) is 15.6 Å². The van der Waals surface area contributed by atoms with Gasteiger partial charge >= 0.3 is 0 Å². The molecule has 10 heteroatoms. The van der Waals surface area contributed by atoms with Crippen LogP contribution in [0.3, 0.4) is 0 Å². The number of rotatable bonds is 6. The largest absolute Gasteiger partial charge is 0.386 e. The van der Waals surface area contributed by atoms with Crippen molar-refractivity contribution >= 4 is 56.1 Å². The number of carbonyl (C=O) groups is 1. The van der Waals surface area contributed by atoms with Gasteiger partial charge in [0.2, 0.25) is 10.0 Å². The molecule has 1 aliphatic heterocycles. The van der Waals surface area contributed by atoms with Gasteiger partial charge in [0.05, 0.1) is 16.1 Å². The maximum Gasteiger partial charge on any atom is 0.263 e. The SMILES string of the molecule is O=C(CO/N=C/c1ccc(Cl)cc1Cl)N1CCN(S(=O)(=O)c2ccc3ccccc3c2)CC1. The predicted molar refractivity (Wildman–Crippen MR) is 129 cm³/mol. The average Bonchev–Trinajstić information content (AvgIpc) is 2.82. The van der Waals surface area contributed by atoms with Crippen molar-refractivity contribution < 1.29 is 18.0 Å². The third-order valence-electron chi connectivity index (χ3n) is 5.37. The highest BCUT2D eigenvalue weighted by atomic mass is 35.5. The van der Waals surface area contributed by atoms with E-state index in [9.17, 15) is 13.2 Å². The van der Waals surface area contributed by atoms with E-state index in [0.717, 1.165) is 10.8 Å². The third kappa shape index (κ3) is 5.47. The number of hydrogen-bond acceptors (Lipinski definition) is 5. The van der Waals surface area contributed by atoms with Crippen LogP contribution in [0.4, 0.5) is 0 Å². The third-order valence-corrected chi connectivity index (χ3v) is 7.82. The Morgan fingerprint density at radius 3 is 2.42 bits per heavy atom. The molecule has 0 aliphatic carbocycles. The van der Waals surface area contributed by atoms with Gasteiger partial charge in [-0.2, -0.15) is 4.31 Å². The number of carbonyl (C=O) groups excluding carboxylic acids is 1. The minimum Gasteiger partial charge on any atom is -0.386 e. The van der Waals surface area contributed by atoms with Crippen LogP contribution in [0.1, 0.15) is 5.56 Å². The number of amides is 1. The van der Waals surface area contributed by atoms with Crippen molar-refractivity contribution in [2.75, 3.05) is 32.8 Å². The summed E-state index contributed by atoms with van der Waals surface area (Å²) in [5.41, 5.74) is 0.612. The van der Waals surface area contributed by atoms with E-state index in [2.05, 4.69) is 5.16 Å². The van der Waals surface area contributed by atoms with Crippen LogP contribution in [0.15, 0.2) is 70.7 Å². The van der Waals surface area contributed by atoms with Crippen molar-refractivity contribution in [1.29, 1.82) is 0 Å². The van der Waals surface area contributed by atoms with E-state index in [-0.39, 0.29) is 43.6 Å². The second-order valence-corrected chi connectivity index (χ2v) is 10.2. The topological polar surface area (TPSA) is 79.3 Å². The van der Waals surface area contributed by atoms with Crippen molar-refractivity contribution in [2.24, 2.45) is 5.16 Å². The minimum atomic E-state index is -3.64. The van der Waals surface area contributed by atoms with Crippen molar-refractivity contribution in [3.63, 3.8) is 0 Å². The second kappa shape index (κ2) is 10.1. The van der Waals surface area contributed by atoms with E-state index in [1.54, 1.807) is 41.3 Å². The minimum absolute atomic E-state index is 0.213. The monoisotopic (exact) mass is 505 g/mol. The molecule has 7 nitrogen and oxygen atoms in total. The van der Waals surface area contributed by atoms with Crippen LogP contribution in [0, 0.1) is 0 Å². The van der Waals surface area contributed by atoms with Gasteiger partial charge in [-0.3, -0.25) is 4.79 Å². The molecule has 0 radical (unpaired) electrons. The molecule has 1 saturated heterocycles. The number of piperazine rings is 1. The summed E-state index contributed by atoms with van der Waals surface area (Å²) < 4.78 is 27.5. The first-order valence-electron chi connectivity index (χ1n) is 10.2. The number of halogens is 2. The molecule has 1 amide bonds. The normalized spacial score (nSPS) is 15.3. The quantitative estimate of drug-likeness (QED) is 0.374. The molecule has 1 heterocycles. The summed E-state index contributed by atoms with van der Waals surface area (Å²) in [5, 5.41) is 6.56. The van der Waals surface area contributed by atoms with Crippen LogP contribution >= 0.6 is 23.2 Å². The summed E-state index contributed by atoms with van der Waals surface area (Å²) in [5.74, 6) is -0.267. The molecule has 0 N–H and O–H groups in total. The molecule has 0 bridgehead atoms. The van der Waals surface area contributed by atoms with Gasteiger partial charge in [-0.25, -0.2) is 8.42 Å². The lowest BCUT2D eigenvalue weighted by atomic mass is 10.1. The zero-order valence-electron chi connectivity index (χ0n) is 17.5. The van der Waals surface area contributed by atoms with Crippen LogP contribution in [-0.2, 0) is 19.7 Å². The number of oxime groups is 1. The van der Waals surface area contributed by atoms with E-state index >= 15 is 0 Å². The molecule has 172 valence electrons. The van der Waals surface area contributed by atoms with Gasteiger partial charge in [0, 0.05) is 36.8 Å². The molecule has 33 heavy (non-hydrogen) atoms. The fourth-order valence-electron chi connectivity index (χ4n) is 3.54. The van der Waals surface area contributed by atoms with Gasteiger partial charge in [-0.1, -0.05) is 64.8 Å². The number of benzene rings is 3. The van der Waals surface area contributed by atoms with Crippen LogP contribution < -0.4 is 0 Å². The van der Waals surface area contributed by atoms with Gasteiger partial charge in [-0.05, 0) is 35.0 Å². The van der Waals surface area contributed by atoms with Crippen LogP contribution in [-0.4, -0.2) is 62.5 Å². The fourth-order valence-corrected chi connectivity index (χ4v) is 5.45. The molecule has 0 spiro atoms. The Balaban J connectivity index is 1.31. The number of hydrogen-bond donors (Lipinski definition) is 0. The number of fused-ring (bicyclic) bond motifs is 1. The Kier molecular flexibility index (Phi) is 7.19. The smallest absolute Gasteiger partial charge is 0.263 e. The summed E-state index contributed by atoms with van der Waals surface area (Å²) in [4.78, 5) is 19.3. The first kappa shape index (κ1) is 23.5. The molecule has 3 aromatic rings. The van der Waals surface area contributed by atoms with Crippen LogP contribution in [0.25, 0.3) is 10.8 Å². The van der Waals surface area contributed by atoms with Gasteiger partial charge in [0.1, 0.15) is 0 Å². The highest BCUT2D eigenvalue weighted by Crippen LogP contribution is 2.23. The van der Waals surface area contributed by atoms with Gasteiger partial charge in [-0.15, -0.1) is 0 Å². The Bertz CT molecular complexity index is 1310. The van der Waals surface area contributed by atoms with Crippen molar-refractivity contribution in [2.45, 2.75) is 4.90 Å². The second-order valence-electron chi connectivity index (χ2n) is 7.47. The highest BCUT2D eigenvalue weighted by molar-refractivity contribution is 7.89. The summed E-state index contributed by atoms with van der Waals surface area (Å²) in [6, 6.07) is 17.7. The highest BCUT2D eigenvalue weighted by Gasteiger charge is 2.30. The van der Waals surface area contributed by atoms with Crippen molar-refractivity contribution in [3.8, 4) is 0 Å². The molecule has 0 unspecified atom stereocenters. The van der Waals surface area contributed by atoms with E-state index < -0.39 is 10.0 Å². The Morgan fingerprint density at radius 2 is 1.70 bits per heavy atom. The Morgan fingerprint density at radius 1 is 0.970 bits per heavy atom. The molecule has 4 rings (SSSR count). The maximum atomic E-state index is 13.1. The lowest BCUT2D eigenvalue weighted by Crippen LogP contribution is -2.51. The molecular weight excluding hydrogens is 485 g/mol. The van der Waals surface area contributed by atoms with E-state index in [4.69, 9.17) is 28.0 Å². The van der Waals surface area contributed by atoms with Crippen molar-refractivity contribution in [3.05, 3.63) is 76.3 Å². The number of nitrogens with zero attached hydrogens (tertiary/aromatic N) is 3. The predicted octanol–water partition coefficient (Wildman–Crippen LogP) is 4.03. The van der Waals surface area contributed by atoms with Crippen LogP contribution in [0.5, 0.6) is 0 Å². The Hall–Kier alpha value is -2.65. The van der Waals surface area contributed by atoms with E-state index in [1.165, 1.54) is 10.5 Å². The van der Waals surface area contributed by atoms with Gasteiger partial charge < -0.3 is 9.74 Å². The molecule has 1 fully saturated rings. The standard InChI is InChI=1S/C23H21Cl2N3O4S/c24-20-7-5-19(22(25)14-20)15-26-32-16-23(29)27-9-11-28(12-10-27)33(30,31)21-8-6-17-3-1-2-4-18(17)13-21/h1-8,13-15H,9-12,16H2/b26-15+. The molecule has 3 aromatic carbocycles. The summed E-state index contributed by atoms with van der Waals surface area (Å²) >= 11 is 11.9. The summed E-state index contributed by atoms with van der Waals surface area (Å²) in [7, 11) is -3.64. The zero-order valence-corrected chi connectivity index (χ0v) is 19.9. The summed E-state index contributed by atoms with van der Waals surface area (Å²) in [6.45, 7) is 0.734. The Labute approximate surface area is 202 Å². The van der Waals surface area contributed by atoms with Gasteiger partial charge in [0.25, 0.3) is 5.91 Å². The first-order valence-corrected chi connectivity index (χ1v) is 12.4. The molecule has 0 saturated carbocycles. The lowest BCUT2D eigenvalue weighted by Gasteiger charge is -2.33. The molecule has 1 aliphatic rings. The molecule has 0 aromatic heterocycles. The maximum absolute atomic E-state index is 13.1. The number of sulfonamides is 1. The first-order chi connectivity index (χ1) is 15.8. The lowest BCUT2D eigenvalue weighted by molar-refractivity contribution is -0.137. The van der Waals surface area contributed by atoms with E-state index in [1.807, 2.05) is 24.3 Å². The summed E-state index contributed by atoms with van der Waals surface area (Å²) in [6.07, 6.45) is 1.40. The zero-order chi connectivity index (χ0) is 23.4.